The van der Waals surface area contributed by atoms with Gasteiger partial charge >= 0.3 is 0 Å². The fraction of sp³-hybridized carbons (Fsp3) is 0.462. The van der Waals surface area contributed by atoms with Gasteiger partial charge in [0.25, 0.3) is 0 Å². The van der Waals surface area contributed by atoms with Crippen LogP contribution >= 0.6 is 15.9 Å². The van der Waals surface area contributed by atoms with Gasteiger partial charge < -0.3 is 4.55 Å². The van der Waals surface area contributed by atoms with Gasteiger partial charge in [-0.1, -0.05) is 6.07 Å². The van der Waals surface area contributed by atoms with Gasteiger partial charge in [-0.3, -0.25) is 0 Å². The first-order valence-corrected chi connectivity index (χ1v) is 7.81. The Hall–Kier alpha value is -0.430. The molecule has 0 aromatic carbocycles. The van der Waals surface area contributed by atoms with Crippen LogP contribution < -0.4 is 4.72 Å². The van der Waals surface area contributed by atoms with Gasteiger partial charge in [-0.15, -0.1) is 4.72 Å². The van der Waals surface area contributed by atoms with Crippen molar-refractivity contribution in [3.63, 3.8) is 0 Å². The minimum absolute atomic E-state index is 0.373. The van der Waals surface area contributed by atoms with Crippen LogP contribution in [0, 0.1) is 0 Å². The average Bonchev–Trinajstić information content (AvgIpc) is 2.30. The van der Waals surface area contributed by atoms with E-state index in [-0.39, 0.29) is 5.83 Å². The fourth-order valence-corrected chi connectivity index (χ4v) is 2.17. The number of rotatable bonds is 4. The first kappa shape index (κ1) is 16.6. The van der Waals surface area contributed by atoms with Crippen molar-refractivity contribution in [1.29, 1.82) is 0 Å². The van der Waals surface area contributed by atoms with Gasteiger partial charge in [-0.2, -0.15) is 0 Å². The van der Waals surface area contributed by atoms with Crippen molar-refractivity contribution < 1.29 is 8.94 Å². The Morgan fingerprint density at radius 3 is 2.63 bits per heavy atom. The van der Waals surface area contributed by atoms with Crippen LogP contribution in [0.4, 0.5) is 4.39 Å². The van der Waals surface area contributed by atoms with Gasteiger partial charge in [0.05, 0.1) is 0 Å². The summed E-state index contributed by atoms with van der Waals surface area (Å²) in [6.07, 6.45) is 2.95. The molecule has 0 saturated carbocycles. The average molecular weight is 349 g/mol. The maximum absolute atomic E-state index is 14.0. The third-order valence-electron chi connectivity index (χ3n) is 2.31. The van der Waals surface area contributed by atoms with E-state index in [1.54, 1.807) is 25.3 Å². The topological polar surface area (TPSA) is 48.0 Å². The van der Waals surface area contributed by atoms with Crippen molar-refractivity contribution in [2.75, 3.05) is 0 Å². The lowest BCUT2D eigenvalue weighted by Crippen LogP contribution is -2.43. The Labute approximate surface area is 125 Å². The van der Waals surface area contributed by atoms with Gasteiger partial charge in [-0.25, -0.2) is 9.37 Å². The zero-order valence-corrected chi connectivity index (χ0v) is 13.8. The lowest BCUT2D eigenvalue weighted by molar-refractivity contribution is 0.505. The van der Waals surface area contributed by atoms with Crippen LogP contribution in [0.25, 0.3) is 6.08 Å². The molecule has 1 aromatic heterocycles. The van der Waals surface area contributed by atoms with E-state index in [9.17, 15) is 8.94 Å². The van der Waals surface area contributed by atoms with Crippen molar-refractivity contribution in [2.24, 2.45) is 0 Å². The SMILES string of the molecule is C[C@H](N[S+]([O-])C(C)(C)C)/C(F)=C/c1ccc(Br)nc1. The third kappa shape index (κ3) is 5.60. The van der Waals surface area contributed by atoms with Gasteiger partial charge in [0.1, 0.15) is 21.2 Å². The molecule has 1 N–H and O–H groups in total. The molecule has 3 nitrogen and oxygen atoms in total. The Bertz CT molecular complexity index is 445. The predicted molar refractivity (Wildman–Crippen MR) is 81.5 cm³/mol. The van der Waals surface area contributed by atoms with E-state index in [1.165, 1.54) is 6.08 Å². The Balaban J connectivity index is 2.71. The van der Waals surface area contributed by atoms with E-state index >= 15 is 0 Å². The van der Waals surface area contributed by atoms with Gasteiger partial charge in [0.2, 0.25) is 0 Å². The normalized spacial score (nSPS) is 16.3. The summed E-state index contributed by atoms with van der Waals surface area (Å²) in [6, 6.07) is 2.89. The molecule has 1 heterocycles. The maximum Gasteiger partial charge on any atom is 0.136 e. The van der Waals surface area contributed by atoms with Crippen LogP contribution in [0.5, 0.6) is 0 Å². The summed E-state index contributed by atoms with van der Waals surface area (Å²) in [5, 5.41) is 0. The molecule has 0 saturated heterocycles. The van der Waals surface area contributed by atoms with E-state index < -0.39 is 22.2 Å². The molecule has 1 aromatic rings. The van der Waals surface area contributed by atoms with Crippen LogP contribution in [0.3, 0.4) is 0 Å². The summed E-state index contributed by atoms with van der Waals surface area (Å²) in [7, 11) is 0. The molecule has 0 aliphatic rings. The zero-order chi connectivity index (χ0) is 14.6. The van der Waals surface area contributed by atoms with Crippen LogP contribution in [0.15, 0.2) is 28.8 Å². The Morgan fingerprint density at radius 2 is 2.16 bits per heavy atom. The molecule has 0 radical (unpaired) electrons. The molecule has 106 valence electrons. The second-order valence-corrected chi connectivity index (χ2v) is 7.97. The largest absolute Gasteiger partial charge is 0.598 e. The molecule has 0 aliphatic heterocycles. The minimum atomic E-state index is -1.30. The smallest absolute Gasteiger partial charge is 0.136 e. The third-order valence-corrected chi connectivity index (χ3v) is 4.46. The highest BCUT2D eigenvalue weighted by Crippen LogP contribution is 2.17. The predicted octanol–water partition coefficient (Wildman–Crippen LogP) is 3.59. The van der Waals surface area contributed by atoms with Gasteiger partial charge in [-0.05, 0) is 61.3 Å². The Kier molecular flexibility index (Phi) is 5.98. The summed E-state index contributed by atoms with van der Waals surface area (Å²) in [6.45, 7) is 7.15. The highest BCUT2D eigenvalue weighted by molar-refractivity contribution is 9.10. The summed E-state index contributed by atoms with van der Waals surface area (Å²) in [5.74, 6) is -0.373. The number of nitrogens with one attached hydrogen (secondary N) is 1. The number of aromatic nitrogens is 1. The molecule has 0 amide bonds. The van der Waals surface area contributed by atoms with Crippen molar-refractivity contribution in [3.8, 4) is 0 Å². The molecule has 0 bridgehead atoms. The van der Waals surface area contributed by atoms with Crippen LogP contribution in [0.2, 0.25) is 0 Å². The zero-order valence-electron chi connectivity index (χ0n) is 11.4. The van der Waals surface area contributed by atoms with E-state index in [0.717, 1.165) is 0 Å². The van der Waals surface area contributed by atoms with Crippen LogP contribution in [-0.2, 0) is 11.4 Å². The van der Waals surface area contributed by atoms with Crippen molar-refractivity contribution >= 4 is 33.4 Å². The van der Waals surface area contributed by atoms with Gasteiger partial charge in [0, 0.05) is 17.6 Å². The highest BCUT2D eigenvalue weighted by atomic mass is 79.9. The molecule has 2 atom stereocenters. The first-order valence-electron chi connectivity index (χ1n) is 5.87. The number of hydrogen-bond acceptors (Lipinski definition) is 3. The molecule has 1 rings (SSSR count). The number of halogens is 2. The summed E-state index contributed by atoms with van der Waals surface area (Å²) >= 11 is 1.91. The molecule has 19 heavy (non-hydrogen) atoms. The first-order chi connectivity index (χ1) is 8.70. The second-order valence-electron chi connectivity index (χ2n) is 5.16. The summed E-state index contributed by atoms with van der Waals surface area (Å²) in [5.41, 5.74) is 0.663. The molecule has 0 spiro atoms. The fourth-order valence-electron chi connectivity index (χ4n) is 1.15. The van der Waals surface area contributed by atoms with Crippen molar-refractivity contribution in [2.45, 2.75) is 38.5 Å². The van der Waals surface area contributed by atoms with Crippen LogP contribution in [-0.4, -0.2) is 20.3 Å². The number of nitrogens with zero attached hydrogens (tertiary/aromatic N) is 1. The standard InChI is InChI=1S/C13H18BrFN2OS/c1-9(17-19(18)13(2,3)4)11(15)7-10-5-6-12(14)16-8-10/h5-9,17H,1-4H3/b11-7-/t9-,19?/m0/s1. The molecular formula is C13H18BrFN2OS. The lowest BCUT2D eigenvalue weighted by atomic mass is 10.2. The summed E-state index contributed by atoms with van der Waals surface area (Å²) < 4.78 is 28.8. The maximum atomic E-state index is 14.0. The van der Waals surface area contributed by atoms with E-state index in [0.29, 0.717) is 10.2 Å². The van der Waals surface area contributed by atoms with E-state index in [1.807, 2.05) is 20.8 Å². The molecule has 0 fully saturated rings. The lowest BCUT2D eigenvalue weighted by Gasteiger charge is -2.25. The van der Waals surface area contributed by atoms with Crippen molar-refractivity contribution in [3.05, 3.63) is 34.3 Å². The quantitative estimate of drug-likeness (QED) is 0.668. The summed E-state index contributed by atoms with van der Waals surface area (Å²) in [4.78, 5) is 4.02. The molecular weight excluding hydrogens is 331 g/mol. The minimum Gasteiger partial charge on any atom is -0.598 e. The van der Waals surface area contributed by atoms with E-state index in [4.69, 9.17) is 0 Å². The van der Waals surface area contributed by atoms with Crippen LogP contribution in [0.1, 0.15) is 33.3 Å². The monoisotopic (exact) mass is 348 g/mol. The molecule has 6 heteroatoms. The van der Waals surface area contributed by atoms with Crippen molar-refractivity contribution in [1.82, 2.24) is 9.71 Å². The molecule has 0 aliphatic carbocycles. The second kappa shape index (κ2) is 6.83. The Morgan fingerprint density at radius 1 is 1.53 bits per heavy atom. The highest BCUT2D eigenvalue weighted by Gasteiger charge is 2.28. The number of hydrogen-bond donors (Lipinski definition) is 1. The molecule has 1 unspecified atom stereocenters. The van der Waals surface area contributed by atoms with E-state index in [2.05, 4.69) is 25.6 Å². The van der Waals surface area contributed by atoms with Gasteiger partial charge in [0.15, 0.2) is 0 Å². The number of pyridine rings is 1.